The van der Waals surface area contributed by atoms with Gasteiger partial charge in [0, 0.05) is 11.4 Å². The summed E-state index contributed by atoms with van der Waals surface area (Å²) in [6, 6.07) is 37.7. The molecule has 3 fully saturated rings. The van der Waals surface area contributed by atoms with E-state index in [1.54, 1.807) is 5.56 Å². The quantitative estimate of drug-likeness (QED) is 0.307. The van der Waals surface area contributed by atoms with Crippen molar-refractivity contribution in [2.75, 3.05) is 5.32 Å². The van der Waals surface area contributed by atoms with Gasteiger partial charge in [-0.25, -0.2) is 0 Å². The van der Waals surface area contributed by atoms with Crippen molar-refractivity contribution < 1.29 is 0 Å². The molecule has 3 aliphatic rings. The molecule has 0 aromatic heterocycles. The van der Waals surface area contributed by atoms with E-state index in [1.165, 1.54) is 67.2 Å². The van der Waals surface area contributed by atoms with E-state index in [0.717, 1.165) is 29.1 Å². The van der Waals surface area contributed by atoms with Crippen molar-refractivity contribution in [2.45, 2.75) is 50.4 Å². The molecular weight excluding hydrogens is 434 g/mol. The van der Waals surface area contributed by atoms with Crippen LogP contribution >= 0.6 is 0 Å². The van der Waals surface area contributed by atoms with Gasteiger partial charge in [0.25, 0.3) is 0 Å². The zero-order valence-corrected chi connectivity index (χ0v) is 21.0. The van der Waals surface area contributed by atoms with Crippen molar-refractivity contribution in [1.82, 2.24) is 0 Å². The molecule has 7 rings (SSSR count). The van der Waals surface area contributed by atoms with Gasteiger partial charge in [0.2, 0.25) is 0 Å². The number of anilines is 2. The highest BCUT2D eigenvalue weighted by atomic mass is 14.9. The first-order chi connectivity index (χ1) is 17.7. The minimum atomic E-state index is 0.465. The van der Waals surface area contributed by atoms with Gasteiger partial charge in [-0.05, 0) is 114 Å². The summed E-state index contributed by atoms with van der Waals surface area (Å²) in [6.45, 7) is 0. The van der Waals surface area contributed by atoms with E-state index >= 15 is 0 Å². The maximum absolute atomic E-state index is 3.55. The van der Waals surface area contributed by atoms with Gasteiger partial charge in [-0.3, -0.25) is 0 Å². The number of hydrogen-bond acceptors (Lipinski definition) is 1. The van der Waals surface area contributed by atoms with Gasteiger partial charge < -0.3 is 5.32 Å². The van der Waals surface area contributed by atoms with E-state index in [9.17, 15) is 0 Å². The molecule has 3 bridgehead atoms. The van der Waals surface area contributed by atoms with Crippen LogP contribution in [0.3, 0.4) is 0 Å². The zero-order valence-electron chi connectivity index (χ0n) is 21.0. The molecule has 0 amide bonds. The van der Waals surface area contributed by atoms with Crippen LogP contribution in [0.1, 0.15) is 50.5 Å². The van der Waals surface area contributed by atoms with Crippen LogP contribution in [0.4, 0.5) is 11.4 Å². The Kier molecular flexibility index (Phi) is 5.46. The maximum Gasteiger partial charge on any atom is 0.0384 e. The first kappa shape index (κ1) is 21.9. The molecule has 4 atom stereocenters. The molecule has 0 spiro atoms. The summed E-state index contributed by atoms with van der Waals surface area (Å²) < 4.78 is 0. The Labute approximate surface area is 215 Å². The van der Waals surface area contributed by atoms with Crippen LogP contribution in [-0.4, -0.2) is 0 Å². The van der Waals surface area contributed by atoms with Crippen LogP contribution in [0.2, 0.25) is 0 Å². The largest absolute Gasteiger partial charge is 0.356 e. The van der Waals surface area contributed by atoms with Crippen LogP contribution in [0.25, 0.3) is 22.3 Å². The fraction of sp³-hybridized carbons (Fsp3) is 0.314. The van der Waals surface area contributed by atoms with Crippen molar-refractivity contribution in [1.29, 1.82) is 0 Å². The maximum atomic E-state index is 3.55. The molecule has 0 heterocycles. The number of rotatable bonds is 5. The molecule has 4 aromatic rings. The molecule has 180 valence electrons. The van der Waals surface area contributed by atoms with Crippen LogP contribution in [0.15, 0.2) is 103 Å². The Balaban J connectivity index is 1.04. The summed E-state index contributed by atoms with van der Waals surface area (Å²) in [7, 11) is 0. The molecule has 3 aliphatic carbocycles. The lowest BCUT2D eigenvalue weighted by molar-refractivity contribution is 0.00964. The van der Waals surface area contributed by atoms with Gasteiger partial charge in [-0.1, -0.05) is 85.3 Å². The SMILES string of the molecule is c1ccc(-c2ccc(Nc3ccc(-c4ccc(C56CCC7CCC(CC7C5)C6)cc4)cc3)cc2)cc1. The highest BCUT2D eigenvalue weighted by molar-refractivity contribution is 5.71. The van der Waals surface area contributed by atoms with Crippen LogP contribution in [0.5, 0.6) is 0 Å². The molecular formula is C35H35N. The zero-order chi connectivity index (χ0) is 24.0. The van der Waals surface area contributed by atoms with Crippen LogP contribution in [-0.2, 0) is 5.41 Å². The Morgan fingerprint density at radius 1 is 0.528 bits per heavy atom. The fourth-order valence-electron chi connectivity index (χ4n) is 7.73. The summed E-state index contributed by atoms with van der Waals surface area (Å²) >= 11 is 0. The van der Waals surface area contributed by atoms with Crippen molar-refractivity contribution >= 4 is 11.4 Å². The van der Waals surface area contributed by atoms with Crippen molar-refractivity contribution in [3.8, 4) is 22.3 Å². The third-order valence-electron chi connectivity index (χ3n) is 9.57. The highest BCUT2D eigenvalue weighted by Crippen LogP contribution is 2.59. The standard InChI is InChI=1S/C35H35N/c1-2-4-26(5-3-1)28-10-16-33(17-11-28)36-34-18-12-29(13-19-34)27-8-14-32(15-9-27)35-21-20-30-7-6-25(23-35)22-31(30)24-35/h1-5,8-19,25,30-31,36H,6-7,20-24H2. The van der Waals surface area contributed by atoms with Crippen LogP contribution in [0, 0.1) is 17.8 Å². The molecule has 36 heavy (non-hydrogen) atoms. The number of hydrogen-bond donors (Lipinski definition) is 1. The van der Waals surface area contributed by atoms with Gasteiger partial charge in [-0.15, -0.1) is 0 Å². The van der Waals surface area contributed by atoms with Crippen molar-refractivity contribution in [3.05, 3.63) is 109 Å². The lowest BCUT2D eigenvalue weighted by atomic mass is 9.50. The summed E-state index contributed by atoms with van der Waals surface area (Å²) in [5.74, 6) is 3.01. The summed E-state index contributed by atoms with van der Waals surface area (Å²) in [6.07, 6.45) is 10.3. The predicted molar refractivity (Wildman–Crippen MR) is 152 cm³/mol. The Bertz CT molecular complexity index is 1320. The van der Waals surface area contributed by atoms with Gasteiger partial charge in [0.15, 0.2) is 0 Å². The van der Waals surface area contributed by atoms with Crippen molar-refractivity contribution in [3.63, 3.8) is 0 Å². The second-order valence-corrected chi connectivity index (χ2v) is 11.6. The lowest BCUT2D eigenvalue weighted by Gasteiger charge is -2.55. The van der Waals surface area contributed by atoms with E-state index in [0.29, 0.717) is 5.41 Å². The molecule has 0 saturated heterocycles. The first-order valence-corrected chi connectivity index (χ1v) is 13.9. The number of nitrogens with one attached hydrogen (secondary N) is 1. The third kappa shape index (κ3) is 4.05. The minimum absolute atomic E-state index is 0.465. The predicted octanol–water partition coefficient (Wildman–Crippen LogP) is 9.62. The molecule has 0 radical (unpaired) electrons. The van der Waals surface area contributed by atoms with E-state index in [-0.39, 0.29) is 0 Å². The third-order valence-corrected chi connectivity index (χ3v) is 9.57. The second kappa shape index (κ2) is 8.96. The molecule has 1 N–H and O–H groups in total. The summed E-state index contributed by atoms with van der Waals surface area (Å²) in [5, 5.41) is 3.55. The molecule has 1 nitrogen and oxygen atoms in total. The highest BCUT2D eigenvalue weighted by Gasteiger charge is 2.49. The summed E-state index contributed by atoms with van der Waals surface area (Å²) in [5.41, 5.74) is 9.39. The van der Waals surface area contributed by atoms with Gasteiger partial charge in [0.05, 0.1) is 0 Å². The van der Waals surface area contributed by atoms with Crippen LogP contribution < -0.4 is 5.32 Å². The Hall–Kier alpha value is -3.32. The topological polar surface area (TPSA) is 12.0 Å². The van der Waals surface area contributed by atoms with E-state index in [2.05, 4.69) is 108 Å². The summed E-state index contributed by atoms with van der Waals surface area (Å²) in [4.78, 5) is 0. The number of fused-ring (bicyclic) bond motifs is 2. The monoisotopic (exact) mass is 469 g/mol. The fourth-order valence-corrected chi connectivity index (χ4v) is 7.73. The normalized spacial score (nSPS) is 26.5. The van der Waals surface area contributed by atoms with Gasteiger partial charge in [-0.2, -0.15) is 0 Å². The molecule has 0 aliphatic heterocycles. The number of benzene rings is 4. The van der Waals surface area contributed by atoms with E-state index in [1.807, 2.05) is 0 Å². The van der Waals surface area contributed by atoms with E-state index < -0.39 is 0 Å². The Morgan fingerprint density at radius 2 is 1.11 bits per heavy atom. The van der Waals surface area contributed by atoms with Crippen molar-refractivity contribution in [2.24, 2.45) is 17.8 Å². The molecule has 4 aromatic carbocycles. The average molecular weight is 470 g/mol. The van der Waals surface area contributed by atoms with Gasteiger partial charge in [0.1, 0.15) is 0 Å². The molecule has 1 heteroatoms. The first-order valence-electron chi connectivity index (χ1n) is 13.9. The smallest absolute Gasteiger partial charge is 0.0384 e. The van der Waals surface area contributed by atoms with E-state index in [4.69, 9.17) is 0 Å². The minimum Gasteiger partial charge on any atom is -0.356 e. The molecule has 4 unspecified atom stereocenters. The second-order valence-electron chi connectivity index (χ2n) is 11.6. The molecule has 3 saturated carbocycles. The average Bonchev–Trinajstić information content (AvgIpc) is 2.93. The van der Waals surface area contributed by atoms with Gasteiger partial charge >= 0.3 is 0 Å². The Morgan fingerprint density at radius 3 is 1.75 bits per heavy atom. The lowest BCUT2D eigenvalue weighted by Crippen LogP contribution is -2.46.